The van der Waals surface area contributed by atoms with Gasteiger partial charge in [-0.1, -0.05) is 19.3 Å². The molecule has 0 saturated heterocycles. The Morgan fingerprint density at radius 2 is 1.88 bits per heavy atom. The van der Waals surface area contributed by atoms with E-state index < -0.39 is 0 Å². The van der Waals surface area contributed by atoms with E-state index in [0.29, 0.717) is 19.0 Å². The van der Waals surface area contributed by atoms with Crippen LogP contribution in [-0.2, 0) is 22.6 Å². The molecule has 6 heteroatoms. The van der Waals surface area contributed by atoms with E-state index in [0.717, 1.165) is 47.5 Å². The lowest BCUT2D eigenvalue weighted by molar-refractivity contribution is -0.0522. The first-order valence-corrected chi connectivity index (χ1v) is 9.26. The number of pyridine rings is 1. The summed E-state index contributed by atoms with van der Waals surface area (Å²) in [5.41, 5.74) is 9.97. The fraction of sp³-hybridized carbons (Fsp3) is 0.684. The Morgan fingerprint density at radius 1 is 1.16 bits per heavy atom. The first-order valence-electron chi connectivity index (χ1n) is 9.26. The Hall–Kier alpha value is -1.66. The summed E-state index contributed by atoms with van der Waals surface area (Å²) in [6, 6.07) is 0. The van der Waals surface area contributed by atoms with Gasteiger partial charge >= 0.3 is 0 Å². The zero-order valence-corrected chi connectivity index (χ0v) is 15.9. The summed E-state index contributed by atoms with van der Waals surface area (Å²) < 4.78 is 14.0. The molecule has 1 aliphatic carbocycles. The molecule has 0 unspecified atom stereocenters. The van der Waals surface area contributed by atoms with Crippen LogP contribution in [0.2, 0.25) is 0 Å². The van der Waals surface area contributed by atoms with Crippen LogP contribution in [0.15, 0.2) is 0 Å². The molecule has 2 heterocycles. The monoisotopic (exact) mass is 346 g/mol. The molecule has 2 aromatic rings. The number of hydrogen-bond acceptors (Lipinski definition) is 5. The van der Waals surface area contributed by atoms with E-state index in [1.54, 1.807) is 0 Å². The number of aromatic nitrogens is 3. The maximum absolute atomic E-state index is 6.18. The van der Waals surface area contributed by atoms with Crippen molar-refractivity contribution in [1.82, 2.24) is 14.5 Å². The number of hydrogen-bond donors (Lipinski definition) is 1. The van der Waals surface area contributed by atoms with E-state index in [4.69, 9.17) is 20.2 Å². The van der Waals surface area contributed by atoms with Gasteiger partial charge in [-0.3, -0.25) is 0 Å². The average Bonchev–Trinajstić information content (AvgIpc) is 2.97. The zero-order chi connectivity index (χ0) is 18.0. The van der Waals surface area contributed by atoms with Crippen LogP contribution in [0.5, 0.6) is 0 Å². The van der Waals surface area contributed by atoms with Crippen molar-refractivity contribution in [2.75, 3.05) is 19.5 Å². The molecule has 2 aromatic heterocycles. The standard InChI is InChI=1S/C19H30N4O2/c1-5-25-11-15-22-16-17(13(2)14(3)21-18(16)20)23(15)12-19(24-4)9-7-6-8-10-19/h5-12H2,1-4H3,(H2,20,21). The van der Waals surface area contributed by atoms with Gasteiger partial charge in [0.05, 0.1) is 17.7 Å². The number of imidazole rings is 1. The molecule has 1 fully saturated rings. The minimum absolute atomic E-state index is 0.134. The summed E-state index contributed by atoms with van der Waals surface area (Å²) in [5, 5.41) is 0. The number of fused-ring (bicyclic) bond motifs is 1. The van der Waals surface area contributed by atoms with Gasteiger partial charge in [0.25, 0.3) is 0 Å². The number of nitrogens with zero attached hydrogens (tertiary/aromatic N) is 3. The van der Waals surface area contributed by atoms with E-state index in [1.165, 1.54) is 19.3 Å². The lowest BCUT2D eigenvalue weighted by atomic mass is 9.84. The van der Waals surface area contributed by atoms with Crippen molar-refractivity contribution in [1.29, 1.82) is 0 Å². The molecule has 2 N–H and O–H groups in total. The Bertz CT molecular complexity index is 748. The van der Waals surface area contributed by atoms with Gasteiger partial charge in [-0.05, 0) is 39.2 Å². The highest BCUT2D eigenvalue weighted by Crippen LogP contribution is 2.35. The van der Waals surface area contributed by atoms with Gasteiger partial charge in [0.15, 0.2) is 5.82 Å². The third-order valence-corrected chi connectivity index (χ3v) is 5.55. The van der Waals surface area contributed by atoms with Crippen molar-refractivity contribution in [2.45, 2.75) is 71.6 Å². The summed E-state index contributed by atoms with van der Waals surface area (Å²) in [5.74, 6) is 1.39. The quantitative estimate of drug-likeness (QED) is 0.866. The fourth-order valence-corrected chi connectivity index (χ4v) is 3.93. The highest BCUT2D eigenvalue weighted by atomic mass is 16.5. The van der Waals surface area contributed by atoms with Crippen molar-refractivity contribution in [3.63, 3.8) is 0 Å². The summed E-state index contributed by atoms with van der Waals surface area (Å²) in [4.78, 5) is 9.23. The Kier molecular flexibility index (Phi) is 5.29. The second-order valence-electron chi connectivity index (χ2n) is 7.10. The zero-order valence-electron chi connectivity index (χ0n) is 15.9. The SMILES string of the molecule is CCOCc1nc2c(N)nc(C)c(C)c2n1CC1(OC)CCCCC1. The van der Waals surface area contributed by atoms with Gasteiger partial charge < -0.3 is 19.8 Å². The number of anilines is 1. The first kappa shape index (κ1) is 18.1. The van der Waals surface area contributed by atoms with Crippen LogP contribution < -0.4 is 5.73 Å². The van der Waals surface area contributed by atoms with Crippen LogP contribution in [0, 0.1) is 13.8 Å². The van der Waals surface area contributed by atoms with Gasteiger partial charge in [0.1, 0.15) is 17.9 Å². The Morgan fingerprint density at radius 3 is 2.52 bits per heavy atom. The smallest absolute Gasteiger partial charge is 0.151 e. The lowest BCUT2D eigenvalue weighted by Crippen LogP contribution is -2.39. The lowest BCUT2D eigenvalue weighted by Gasteiger charge is -2.37. The molecular weight excluding hydrogens is 316 g/mol. The van der Waals surface area contributed by atoms with Crippen molar-refractivity contribution >= 4 is 16.9 Å². The number of nitrogens with two attached hydrogens (primary N) is 1. The maximum atomic E-state index is 6.18. The molecule has 0 radical (unpaired) electrons. The third kappa shape index (κ3) is 3.37. The predicted octanol–water partition coefficient (Wildman–Crippen LogP) is 3.52. The number of aryl methyl sites for hydroxylation is 2. The van der Waals surface area contributed by atoms with Crippen LogP contribution >= 0.6 is 0 Å². The maximum Gasteiger partial charge on any atom is 0.151 e. The molecule has 3 rings (SSSR count). The first-order chi connectivity index (χ1) is 12.0. The van der Waals surface area contributed by atoms with Gasteiger partial charge in [-0.15, -0.1) is 0 Å². The molecular formula is C19H30N4O2. The molecule has 0 atom stereocenters. The molecule has 0 aromatic carbocycles. The topological polar surface area (TPSA) is 75.2 Å². The second kappa shape index (κ2) is 7.30. The summed E-state index contributed by atoms with van der Waals surface area (Å²) in [6.07, 6.45) is 5.87. The van der Waals surface area contributed by atoms with Gasteiger partial charge in [-0.2, -0.15) is 0 Å². The number of nitrogen functional groups attached to an aromatic ring is 1. The van der Waals surface area contributed by atoms with Crippen molar-refractivity contribution in [3.8, 4) is 0 Å². The van der Waals surface area contributed by atoms with Crippen molar-refractivity contribution < 1.29 is 9.47 Å². The average molecular weight is 346 g/mol. The molecule has 138 valence electrons. The summed E-state index contributed by atoms with van der Waals surface area (Å²) in [6.45, 7) is 8.00. The Balaban J connectivity index is 2.12. The fourth-order valence-electron chi connectivity index (χ4n) is 3.93. The molecule has 0 spiro atoms. The number of rotatable bonds is 6. The molecule has 25 heavy (non-hydrogen) atoms. The summed E-state index contributed by atoms with van der Waals surface area (Å²) in [7, 11) is 1.83. The normalized spacial score (nSPS) is 17.3. The predicted molar refractivity (Wildman–Crippen MR) is 99.6 cm³/mol. The van der Waals surface area contributed by atoms with Crippen LogP contribution in [-0.4, -0.2) is 33.9 Å². The molecule has 0 amide bonds. The largest absolute Gasteiger partial charge is 0.382 e. The van der Waals surface area contributed by atoms with Crippen LogP contribution in [0.4, 0.5) is 5.82 Å². The van der Waals surface area contributed by atoms with Gasteiger partial charge in [0, 0.05) is 19.4 Å². The second-order valence-corrected chi connectivity index (χ2v) is 7.10. The van der Waals surface area contributed by atoms with Gasteiger partial charge in [-0.25, -0.2) is 9.97 Å². The van der Waals surface area contributed by atoms with E-state index in [1.807, 2.05) is 21.0 Å². The van der Waals surface area contributed by atoms with E-state index >= 15 is 0 Å². The molecule has 1 aliphatic rings. The Labute approximate surface area is 149 Å². The van der Waals surface area contributed by atoms with E-state index in [9.17, 15) is 0 Å². The molecule has 0 aliphatic heterocycles. The minimum Gasteiger partial charge on any atom is -0.382 e. The number of ether oxygens (including phenoxy) is 2. The third-order valence-electron chi connectivity index (χ3n) is 5.55. The van der Waals surface area contributed by atoms with Crippen LogP contribution in [0.25, 0.3) is 11.0 Å². The molecule has 0 bridgehead atoms. The van der Waals surface area contributed by atoms with Crippen molar-refractivity contribution in [3.05, 3.63) is 17.1 Å². The molecule has 1 saturated carbocycles. The highest BCUT2D eigenvalue weighted by molar-refractivity contribution is 5.88. The molecule has 6 nitrogen and oxygen atoms in total. The van der Waals surface area contributed by atoms with E-state index in [2.05, 4.69) is 16.5 Å². The highest BCUT2D eigenvalue weighted by Gasteiger charge is 2.34. The van der Waals surface area contributed by atoms with E-state index in [-0.39, 0.29) is 5.60 Å². The van der Waals surface area contributed by atoms with Gasteiger partial charge in [0.2, 0.25) is 0 Å². The minimum atomic E-state index is -0.134. The van der Waals surface area contributed by atoms with Crippen LogP contribution in [0.3, 0.4) is 0 Å². The van der Waals surface area contributed by atoms with Crippen molar-refractivity contribution in [2.24, 2.45) is 0 Å². The summed E-state index contributed by atoms with van der Waals surface area (Å²) >= 11 is 0. The number of methoxy groups -OCH3 is 1. The van der Waals surface area contributed by atoms with Crippen LogP contribution in [0.1, 0.15) is 56.1 Å².